The van der Waals surface area contributed by atoms with Gasteiger partial charge in [0.05, 0.1) is 0 Å². The van der Waals surface area contributed by atoms with E-state index >= 15 is 0 Å². The molecule has 0 spiro atoms. The first kappa shape index (κ1) is 9.44. The third kappa shape index (κ3) is 2.44. The van der Waals surface area contributed by atoms with Gasteiger partial charge >= 0.3 is 0 Å². The summed E-state index contributed by atoms with van der Waals surface area (Å²) in [5, 5.41) is 0. The van der Waals surface area contributed by atoms with Gasteiger partial charge in [-0.2, -0.15) is 0 Å². The summed E-state index contributed by atoms with van der Waals surface area (Å²) < 4.78 is 24.3. The normalized spacial score (nSPS) is 30.2. The molecule has 1 aliphatic rings. The fraction of sp³-hybridized carbons (Fsp3) is 0.889. The molecule has 1 fully saturated rings. The van der Waals surface area contributed by atoms with Crippen molar-refractivity contribution in [2.24, 2.45) is 11.8 Å². The maximum absolute atomic E-state index is 12.2. The van der Waals surface area contributed by atoms with Gasteiger partial charge in [-0.05, 0) is 25.7 Å². The minimum absolute atomic E-state index is 0.387. The van der Waals surface area contributed by atoms with E-state index < -0.39 is 12.3 Å². The van der Waals surface area contributed by atoms with Crippen molar-refractivity contribution in [3.63, 3.8) is 0 Å². The summed E-state index contributed by atoms with van der Waals surface area (Å²) in [5.74, 6) is -0.00974. The Morgan fingerprint density at radius 3 is 2.25 bits per heavy atom. The van der Waals surface area contributed by atoms with Crippen molar-refractivity contribution in [2.45, 2.75) is 32.1 Å². The number of nitrogens with zero attached hydrogens (tertiary/aromatic N) is 1. The number of hydrogen-bond acceptors (Lipinski definition) is 0. The van der Waals surface area contributed by atoms with Crippen LogP contribution in [0.5, 0.6) is 0 Å². The lowest BCUT2D eigenvalue weighted by molar-refractivity contribution is 0.0481. The predicted molar refractivity (Wildman–Crippen MR) is 42.9 cm³/mol. The lowest BCUT2D eigenvalue weighted by atomic mass is 9.82. The Labute approximate surface area is 71.6 Å². The molecular weight excluding hydrogens is 160 g/mol. The van der Waals surface area contributed by atoms with Crippen LogP contribution in [0, 0.1) is 18.4 Å². The third-order valence-corrected chi connectivity index (χ3v) is 2.60. The van der Waals surface area contributed by atoms with Crippen molar-refractivity contribution < 1.29 is 8.78 Å². The minimum Gasteiger partial charge on any atom is -0.317 e. The highest BCUT2D eigenvalue weighted by molar-refractivity contribution is 4.78. The summed E-state index contributed by atoms with van der Waals surface area (Å²) in [7, 11) is 0. The topological polar surface area (TPSA) is 4.36 Å². The van der Waals surface area contributed by atoms with E-state index in [1.54, 1.807) is 0 Å². The highest BCUT2D eigenvalue weighted by atomic mass is 19.3. The zero-order chi connectivity index (χ0) is 8.97. The van der Waals surface area contributed by atoms with Gasteiger partial charge in [0, 0.05) is 11.8 Å². The minimum atomic E-state index is -2.15. The molecule has 0 bridgehead atoms. The molecule has 68 valence electrons. The largest absolute Gasteiger partial charge is 0.317 e. The van der Waals surface area contributed by atoms with Crippen molar-refractivity contribution in [1.29, 1.82) is 0 Å². The SMILES string of the molecule is [C-]#[N+]CC1CCC(C(F)F)CC1. The molecule has 3 heteroatoms. The van der Waals surface area contributed by atoms with Crippen LogP contribution in [0.4, 0.5) is 8.78 Å². The Bertz CT molecular complexity index is 166. The van der Waals surface area contributed by atoms with Gasteiger partial charge in [-0.15, -0.1) is 0 Å². The fourth-order valence-electron chi connectivity index (χ4n) is 1.75. The van der Waals surface area contributed by atoms with E-state index in [4.69, 9.17) is 6.57 Å². The molecule has 0 aromatic rings. The van der Waals surface area contributed by atoms with Crippen LogP contribution in [0.15, 0.2) is 0 Å². The molecule has 0 heterocycles. The first-order valence-corrected chi connectivity index (χ1v) is 4.35. The molecule has 1 saturated carbocycles. The molecule has 0 atom stereocenters. The standard InChI is InChI=1S/C9H13F2N/c1-12-6-7-2-4-8(5-3-7)9(10)11/h7-9H,2-6H2. The molecule has 0 saturated heterocycles. The van der Waals surface area contributed by atoms with Crippen LogP contribution < -0.4 is 0 Å². The van der Waals surface area contributed by atoms with Crippen LogP contribution in [0.1, 0.15) is 25.7 Å². The molecule has 1 aliphatic carbocycles. The van der Waals surface area contributed by atoms with Crippen LogP contribution in [0.2, 0.25) is 0 Å². The Morgan fingerprint density at radius 1 is 1.25 bits per heavy atom. The van der Waals surface area contributed by atoms with Crippen molar-refractivity contribution >= 4 is 0 Å². The van der Waals surface area contributed by atoms with E-state index in [2.05, 4.69) is 4.85 Å². The summed E-state index contributed by atoms with van der Waals surface area (Å²) >= 11 is 0. The van der Waals surface area contributed by atoms with E-state index in [1.807, 2.05) is 0 Å². The van der Waals surface area contributed by atoms with Crippen LogP contribution in [-0.2, 0) is 0 Å². The van der Waals surface area contributed by atoms with Gasteiger partial charge in [0.15, 0.2) is 0 Å². The van der Waals surface area contributed by atoms with Gasteiger partial charge < -0.3 is 4.85 Å². The molecule has 0 amide bonds. The number of halogens is 2. The monoisotopic (exact) mass is 173 g/mol. The maximum Gasteiger partial charge on any atom is 0.241 e. The van der Waals surface area contributed by atoms with Crippen LogP contribution in [0.25, 0.3) is 4.85 Å². The predicted octanol–water partition coefficient (Wildman–Crippen LogP) is 2.98. The van der Waals surface area contributed by atoms with Crippen molar-refractivity contribution in [2.75, 3.05) is 6.54 Å². The van der Waals surface area contributed by atoms with Gasteiger partial charge in [0.25, 0.3) is 0 Å². The van der Waals surface area contributed by atoms with E-state index in [9.17, 15) is 8.78 Å². The average Bonchev–Trinajstić information content (AvgIpc) is 2.06. The zero-order valence-corrected chi connectivity index (χ0v) is 6.97. The lowest BCUT2D eigenvalue weighted by Gasteiger charge is -2.24. The first-order chi connectivity index (χ1) is 5.74. The van der Waals surface area contributed by atoms with E-state index in [0.717, 1.165) is 12.8 Å². The summed E-state index contributed by atoms with van der Waals surface area (Å²) in [6.07, 6.45) is 0.698. The molecule has 0 aromatic carbocycles. The molecule has 0 unspecified atom stereocenters. The molecule has 0 N–H and O–H groups in total. The van der Waals surface area contributed by atoms with Crippen LogP contribution in [-0.4, -0.2) is 13.0 Å². The maximum atomic E-state index is 12.2. The summed E-state index contributed by atoms with van der Waals surface area (Å²) in [4.78, 5) is 3.29. The number of rotatable bonds is 2. The van der Waals surface area contributed by atoms with Gasteiger partial charge in [-0.3, -0.25) is 0 Å². The van der Waals surface area contributed by atoms with Crippen LogP contribution >= 0.6 is 0 Å². The van der Waals surface area contributed by atoms with E-state index in [0.29, 0.717) is 25.3 Å². The van der Waals surface area contributed by atoms with Crippen molar-refractivity contribution in [1.82, 2.24) is 0 Å². The second-order valence-corrected chi connectivity index (χ2v) is 3.46. The summed E-state index contributed by atoms with van der Waals surface area (Å²) in [6, 6.07) is 0. The molecule has 12 heavy (non-hydrogen) atoms. The van der Waals surface area contributed by atoms with E-state index in [1.165, 1.54) is 0 Å². The second-order valence-electron chi connectivity index (χ2n) is 3.46. The average molecular weight is 173 g/mol. The summed E-state index contributed by atoms with van der Waals surface area (Å²) in [5.41, 5.74) is 0. The number of alkyl halides is 2. The smallest absolute Gasteiger partial charge is 0.241 e. The highest BCUT2D eigenvalue weighted by Crippen LogP contribution is 2.32. The quantitative estimate of drug-likeness (QED) is 0.565. The van der Waals surface area contributed by atoms with Crippen molar-refractivity contribution in [3.8, 4) is 0 Å². The Kier molecular flexibility index (Phi) is 3.46. The number of hydrogen-bond donors (Lipinski definition) is 0. The first-order valence-electron chi connectivity index (χ1n) is 4.35. The Hall–Kier alpha value is -0.650. The van der Waals surface area contributed by atoms with Gasteiger partial charge in [-0.25, -0.2) is 15.4 Å². The fourth-order valence-corrected chi connectivity index (χ4v) is 1.75. The molecular formula is C9H13F2N. The molecule has 0 radical (unpaired) electrons. The van der Waals surface area contributed by atoms with Crippen molar-refractivity contribution in [3.05, 3.63) is 11.4 Å². The molecule has 0 aromatic heterocycles. The zero-order valence-electron chi connectivity index (χ0n) is 6.97. The third-order valence-electron chi connectivity index (χ3n) is 2.60. The van der Waals surface area contributed by atoms with E-state index in [-0.39, 0.29) is 0 Å². The molecule has 0 aliphatic heterocycles. The second kappa shape index (κ2) is 4.39. The molecule has 1 nitrogen and oxygen atoms in total. The van der Waals surface area contributed by atoms with Gasteiger partial charge in [0.1, 0.15) is 0 Å². The van der Waals surface area contributed by atoms with Gasteiger partial charge in [0.2, 0.25) is 13.0 Å². The lowest BCUT2D eigenvalue weighted by Crippen LogP contribution is -2.21. The molecule has 1 rings (SSSR count). The van der Waals surface area contributed by atoms with Gasteiger partial charge in [-0.1, -0.05) is 0 Å². The van der Waals surface area contributed by atoms with Crippen LogP contribution in [0.3, 0.4) is 0 Å². The highest BCUT2D eigenvalue weighted by Gasteiger charge is 2.28. The Morgan fingerprint density at radius 2 is 1.83 bits per heavy atom. The Balaban J connectivity index is 2.26. The summed E-state index contributed by atoms with van der Waals surface area (Å²) in [6.45, 7) is 7.17.